The van der Waals surface area contributed by atoms with Crippen molar-refractivity contribution >= 4 is 5.91 Å². The maximum absolute atomic E-state index is 11.1. The molecular weight excluding hydrogens is 216 g/mol. The van der Waals surface area contributed by atoms with Gasteiger partial charge >= 0.3 is 0 Å². The molecule has 17 heavy (non-hydrogen) atoms. The Morgan fingerprint density at radius 3 is 2.59 bits per heavy atom. The van der Waals surface area contributed by atoms with Gasteiger partial charge in [0.1, 0.15) is 5.75 Å². The van der Waals surface area contributed by atoms with Gasteiger partial charge in [-0.05, 0) is 24.0 Å². The molecule has 1 rings (SSSR count). The molecule has 0 fully saturated rings. The highest BCUT2D eigenvalue weighted by molar-refractivity contribution is 5.76. The molecule has 0 unspecified atom stereocenters. The predicted octanol–water partition coefficient (Wildman–Crippen LogP) is 1.66. The first-order valence-corrected chi connectivity index (χ1v) is 5.58. The number of rotatable bonds is 3. The quantitative estimate of drug-likeness (QED) is 0.476. The first-order valence-electron chi connectivity index (χ1n) is 5.58. The van der Waals surface area contributed by atoms with Crippen LogP contribution in [0.2, 0.25) is 0 Å². The van der Waals surface area contributed by atoms with Crippen LogP contribution in [0.3, 0.4) is 0 Å². The molecule has 0 saturated carbocycles. The average Bonchev–Trinajstić information content (AvgIpc) is 2.25. The summed E-state index contributed by atoms with van der Waals surface area (Å²) in [5.41, 5.74) is 4.27. The van der Waals surface area contributed by atoms with E-state index in [1.54, 1.807) is 0 Å². The Bertz CT molecular complexity index is 408. The van der Waals surface area contributed by atoms with Gasteiger partial charge in [-0.25, -0.2) is 5.84 Å². The summed E-state index contributed by atoms with van der Waals surface area (Å²) < 4.78 is 5.48. The molecule has 0 heterocycles. The first kappa shape index (κ1) is 13.5. The maximum Gasteiger partial charge on any atom is 0.271 e. The summed E-state index contributed by atoms with van der Waals surface area (Å²) >= 11 is 0. The predicted molar refractivity (Wildman–Crippen MR) is 67.7 cm³/mol. The van der Waals surface area contributed by atoms with E-state index >= 15 is 0 Å². The minimum Gasteiger partial charge on any atom is -0.483 e. The van der Waals surface area contributed by atoms with Gasteiger partial charge in [-0.2, -0.15) is 0 Å². The number of nitrogens with two attached hydrogens (primary N) is 1. The molecule has 0 aliphatic rings. The van der Waals surface area contributed by atoms with Gasteiger partial charge < -0.3 is 4.74 Å². The normalized spacial score (nSPS) is 11.1. The third-order valence-electron chi connectivity index (χ3n) is 2.46. The number of carbonyl (C=O) groups excluding carboxylic acids is 1. The van der Waals surface area contributed by atoms with Crippen LogP contribution in [-0.2, 0) is 10.2 Å². The van der Waals surface area contributed by atoms with E-state index in [2.05, 4.69) is 26.8 Å². The van der Waals surface area contributed by atoms with Crippen LogP contribution < -0.4 is 16.0 Å². The van der Waals surface area contributed by atoms with Crippen molar-refractivity contribution in [1.82, 2.24) is 5.43 Å². The zero-order valence-corrected chi connectivity index (χ0v) is 10.8. The first-order chi connectivity index (χ1) is 7.84. The van der Waals surface area contributed by atoms with Gasteiger partial charge in [-0.1, -0.05) is 38.5 Å². The summed E-state index contributed by atoms with van der Waals surface area (Å²) in [5.74, 6) is 5.39. The molecule has 0 aromatic heterocycles. The van der Waals surface area contributed by atoms with E-state index in [1.165, 1.54) is 5.56 Å². The van der Waals surface area contributed by atoms with Crippen LogP contribution in [0.1, 0.15) is 31.9 Å². The number of ether oxygens (including phenoxy) is 1. The van der Waals surface area contributed by atoms with Crippen LogP contribution >= 0.6 is 0 Å². The Morgan fingerprint density at radius 1 is 1.41 bits per heavy atom. The van der Waals surface area contributed by atoms with E-state index in [0.717, 1.165) is 11.3 Å². The molecular formula is C13H20N2O2. The van der Waals surface area contributed by atoms with E-state index in [9.17, 15) is 4.79 Å². The van der Waals surface area contributed by atoms with Crippen molar-refractivity contribution in [2.45, 2.75) is 33.1 Å². The number of aryl methyl sites for hydroxylation is 1. The third kappa shape index (κ3) is 3.75. The van der Waals surface area contributed by atoms with Gasteiger partial charge in [0.05, 0.1) is 0 Å². The van der Waals surface area contributed by atoms with Gasteiger partial charge in [0.2, 0.25) is 0 Å². The average molecular weight is 236 g/mol. The van der Waals surface area contributed by atoms with Crippen molar-refractivity contribution in [2.75, 3.05) is 6.61 Å². The number of nitrogens with one attached hydrogen (secondary N) is 1. The molecule has 0 aliphatic carbocycles. The molecule has 0 atom stereocenters. The highest BCUT2D eigenvalue weighted by Gasteiger charge is 2.19. The molecule has 1 aromatic carbocycles. The fourth-order valence-corrected chi connectivity index (χ4v) is 1.54. The molecule has 0 aliphatic heterocycles. The molecule has 4 heteroatoms. The highest BCUT2D eigenvalue weighted by atomic mass is 16.5. The Balaban J connectivity index is 2.95. The van der Waals surface area contributed by atoms with Crippen LogP contribution in [0.5, 0.6) is 5.75 Å². The van der Waals surface area contributed by atoms with Crippen LogP contribution in [0.15, 0.2) is 18.2 Å². The van der Waals surface area contributed by atoms with Gasteiger partial charge in [0.25, 0.3) is 5.91 Å². The van der Waals surface area contributed by atoms with Crippen LogP contribution in [0.4, 0.5) is 0 Å². The lowest BCUT2D eigenvalue weighted by molar-refractivity contribution is -0.123. The lowest BCUT2D eigenvalue weighted by Crippen LogP contribution is -2.34. The lowest BCUT2D eigenvalue weighted by atomic mass is 9.85. The van der Waals surface area contributed by atoms with E-state index in [0.29, 0.717) is 0 Å². The number of hydrogen-bond acceptors (Lipinski definition) is 3. The summed E-state index contributed by atoms with van der Waals surface area (Å²) in [5, 5.41) is 0. The molecule has 0 radical (unpaired) electrons. The smallest absolute Gasteiger partial charge is 0.271 e. The van der Waals surface area contributed by atoms with Crippen molar-refractivity contribution in [3.63, 3.8) is 0 Å². The van der Waals surface area contributed by atoms with Crippen LogP contribution in [0, 0.1) is 6.92 Å². The second kappa shape index (κ2) is 5.19. The molecule has 3 N–H and O–H groups in total. The number of carbonyl (C=O) groups is 1. The number of hydrazine groups is 1. The number of amides is 1. The SMILES string of the molecule is Cc1ccc(OCC(=O)NN)c(C(C)(C)C)c1. The monoisotopic (exact) mass is 236 g/mol. The van der Waals surface area contributed by atoms with Crippen LogP contribution in [0.25, 0.3) is 0 Å². The van der Waals surface area contributed by atoms with Gasteiger partial charge in [-0.3, -0.25) is 10.2 Å². The highest BCUT2D eigenvalue weighted by Crippen LogP contribution is 2.31. The van der Waals surface area contributed by atoms with E-state index in [-0.39, 0.29) is 17.9 Å². The summed E-state index contributed by atoms with van der Waals surface area (Å²) in [4.78, 5) is 11.1. The second-order valence-corrected chi connectivity index (χ2v) is 5.11. The Hall–Kier alpha value is -1.55. The zero-order chi connectivity index (χ0) is 13.1. The third-order valence-corrected chi connectivity index (χ3v) is 2.46. The van der Waals surface area contributed by atoms with Gasteiger partial charge in [0, 0.05) is 0 Å². The fourth-order valence-electron chi connectivity index (χ4n) is 1.54. The molecule has 0 spiro atoms. The van der Waals surface area contributed by atoms with E-state index in [1.807, 2.05) is 24.5 Å². The van der Waals surface area contributed by atoms with Crippen molar-refractivity contribution in [3.8, 4) is 5.75 Å². The Labute approximate surface area is 102 Å². The maximum atomic E-state index is 11.1. The Kier molecular flexibility index (Phi) is 4.12. The molecule has 1 amide bonds. The van der Waals surface area contributed by atoms with Crippen molar-refractivity contribution in [3.05, 3.63) is 29.3 Å². The molecule has 0 bridgehead atoms. The minimum absolute atomic E-state index is 0.0272. The summed E-state index contributed by atoms with van der Waals surface area (Å²) in [6.45, 7) is 8.29. The topological polar surface area (TPSA) is 64.3 Å². The molecule has 4 nitrogen and oxygen atoms in total. The van der Waals surface area contributed by atoms with E-state index < -0.39 is 0 Å². The largest absolute Gasteiger partial charge is 0.483 e. The number of benzene rings is 1. The molecule has 0 saturated heterocycles. The van der Waals surface area contributed by atoms with E-state index in [4.69, 9.17) is 10.6 Å². The van der Waals surface area contributed by atoms with Gasteiger partial charge in [-0.15, -0.1) is 0 Å². The zero-order valence-electron chi connectivity index (χ0n) is 10.8. The van der Waals surface area contributed by atoms with Crippen LogP contribution in [-0.4, -0.2) is 12.5 Å². The molecule has 1 aromatic rings. The standard InChI is InChI=1S/C13H20N2O2/c1-9-5-6-11(17-8-12(16)15-14)10(7-9)13(2,3)4/h5-7H,8,14H2,1-4H3,(H,15,16). The van der Waals surface area contributed by atoms with Crippen molar-refractivity contribution in [1.29, 1.82) is 0 Å². The van der Waals surface area contributed by atoms with Crippen molar-refractivity contribution in [2.24, 2.45) is 5.84 Å². The summed E-state index contributed by atoms with van der Waals surface area (Å²) in [6.07, 6.45) is 0. The summed E-state index contributed by atoms with van der Waals surface area (Å²) in [6, 6.07) is 5.93. The lowest BCUT2D eigenvalue weighted by Gasteiger charge is -2.23. The van der Waals surface area contributed by atoms with Crippen molar-refractivity contribution < 1.29 is 9.53 Å². The summed E-state index contributed by atoms with van der Waals surface area (Å²) in [7, 11) is 0. The second-order valence-electron chi connectivity index (χ2n) is 5.11. The molecule has 94 valence electrons. The minimum atomic E-state index is -0.342. The Morgan fingerprint density at radius 2 is 2.06 bits per heavy atom. The number of hydrogen-bond donors (Lipinski definition) is 2. The fraction of sp³-hybridized carbons (Fsp3) is 0.462. The van der Waals surface area contributed by atoms with Gasteiger partial charge in [0.15, 0.2) is 6.61 Å².